The van der Waals surface area contributed by atoms with E-state index in [2.05, 4.69) is 26.1 Å². The average Bonchev–Trinajstić information content (AvgIpc) is 3.01. The smallest absolute Gasteiger partial charge is 0.275 e. The number of carbonyl (C=O) groups excluding carboxylic acids is 1. The minimum atomic E-state index is -0.158. The Labute approximate surface area is 136 Å². The quantitative estimate of drug-likeness (QED) is 0.808. The molecular weight excluding hydrogens is 358 g/mol. The van der Waals surface area contributed by atoms with Gasteiger partial charge < -0.3 is 4.90 Å². The highest BCUT2D eigenvalue weighted by molar-refractivity contribution is 9.10. The van der Waals surface area contributed by atoms with Gasteiger partial charge in [0.15, 0.2) is 5.69 Å². The Morgan fingerprint density at radius 1 is 1.43 bits per heavy atom. The van der Waals surface area contributed by atoms with Gasteiger partial charge in [0.05, 0.1) is 27.9 Å². The molecule has 1 amide bonds. The van der Waals surface area contributed by atoms with Crippen molar-refractivity contribution in [2.45, 2.75) is 33.5 Å². The third kappa shape index (κ3) is 3.29. The van der Waals surface area contributed by atoms with Gasteiger partial charge in [0.1, 0.15) is 0 Å². The lowest BCUT2D eigenvalue weighted by Crippen LogP contribution is -2.28. The van der Waals surface area contributed by atoms with Crippen LogP contribution in [0.2, 0.25) is 5.02 Å². The van der Waals surface area contributed by atoms with Gasteiger partial charge in [-0.15, -0.1) is 0 Å². The van der Waals surface area contributed by atoms with Gasteiger partial charge in [-0.25, -0.2) is 0 Å². The highest BCUT2D eigenvalue weighted by Crippen LogP contribution is 2.20. The molecule has 2 rings (SSSR count). The summed E-state index contributed by atoms with van der Waals surface area (Å²) in [4.78, 5) is 14.1. The Morgan fingerprint density at radius 2 is 2.14 bits per heavy atom. The number of rotatable bonds is 5. The van der Waals surface area contributed by atoms with Crippen molar-refractivity contribution >= 4 is 33.4 Å². The topological polar surface area (TPSA) is 56.0 Å². The number of aromatic nitrogens is 4. The summed E-state index contributed by atoms with van der Waals surface area (Å²) in [5, 5.41) is 9.00. The van der Waals surface area contributed by atoms with Crippen molar-refractivity contribution in [1.29, 1.82) is 0 Å². The molecule has 2 aromatic heterocycles. The van der Waals surface area contributed by atoms with E-state index in [0.717, 1.165) is 5.69 Å². The Bertz CT molecular complexity index is 651. The Kier molecular flexibility index (Phi) is 5.05. The highest BCUT2D eigenvalue weighted by atomic mass is 79.9. The first kappa shape index (κ1) is 16.0. The second-order valence-electron chi connectivity index (χ2n) is 4.60. The summed E-state index contributed by atoms with van der Waals surface area (Å²) < 4.78 is 4.19. The molecule has 0 atom stereocenters. The monoisotopic (exact) mass is 373 g/mol. The molecule has 0 unspecified atom stereocenters. The Balaban J connectivity index is 2.19. The summed E-state index contributed by atoms with van der Waals surface area (Å²) in [5.74, 6) is -0.158. The molecule has 0 aliphatic carbocycles. The molecule has 0 saturated heterocycles. The second-order valence-corrected chi connectivity index (χ2v) is 5.86. The van der Waals surface area contributed by atoms with Crippen molar-refractivity contribution in [3.05, 3.63) is 33.3 Å². The van der Waals surface area contributed by atoms with E-state index in [1.807, 2.05) is 13.8 Å². The number of hydrogen-bond acceptors (Lipinski definition) is 3. The van der Waals surface area contributed by atoms with Crippen LogP contribution in [0.15, 0.2) is 16.9 Å². The van der Waals surface area contributed by atoms with Crippen LogP contribution in [0, 0.1) is 0 Å². The Hall–Kier alpha value is -1.34. The lowest BCUT2D eigenvalue weighted by atomic mass is 10.3. The van der Waals surface area contributed by atoms with Gasteiger partial charge in [-0.3, -0.25) is 14.2 Å². The van der Waals surface area contributed by atoms with Crippen molar-refractivity contribution < 1.29 is 4.79 Å². The zero-order valence-electron chi connectivity index (χ0n) is 12.2. The van der Waals surface area contributed by atoms with Gasteiger partial charge >= 0.3 is 0 Å². The van der Waals surface area contributed by atoms with E-state index in [1.54, 1.807) is 33.7 Å². The molecule has 0 saturated carbocycles. The molecule has 0 bridgehead atoms. The van der Waals surface area contributed by atoms with Gasteiger partial charge in [0.2, 0.25) is 0 Å². The van der Waals surface area contributed by atoms with Crippen LogP contribution in [-0.4, -0.2) is 37.4 Å². The zero-order chi connectivity index (χ0) is 15.6. The first-order valence-electron chi connectivity index (χ1n) is 6.66. The van der Waals surface area contributed by atoms with Crippen molar-refractivity contribution in [3.8, 4) is 0 Å². The molecule has 0 aromatic carbocycles. The largest absolute Gasteiger partial charge is 0.334 e. The van der Waals surface area contributed by atoms with E-state index >= 15 is 0 Å². The van der Waals surface area contributed by atoms with E-state index in [9.17, 15) is 4.79 Å². The fourth-order valence-corrected chi connectivity index (χ4v) is 2.68. The molecule has 0 radical (unpaired) electrons. The summed E-state index contributed by atoms with van der Waals surface area (Å²) >= 11 is 9.50. The van der Waals surface area contributed by atoms with E-state index in [4.69, 9.17) is 11.6 Å². The number of halogens is 2. The van der Waals surface area contributed by atoms with Crippen LogP contribution in [0.3, 0.4) is 0 Å². The van der Waals surface area contributed by atoms with Crippen LogP contribution in [0.4, 0.5) is 0 Å². The molecule has 8 heteroatoms. The third-order valence-electron chi connectivity index (χ3n) is 3.17. The van der Waals surface area contributed by atoms with Gasteiger partial charge in [-0.2, -0.15) is 10.2 Å². The minimum Gasteiger partial charge on any atom is -0.334 e. The fraction of sp³-hybridized carbons (Fsp3) is 0.462. The molecule has 114 valence electrons. The molecule has 0 aliphatic rings. The van der Waals surface area contributed by atoms with Crippen molar-refractivity contribution in [3.63, 3.8) is 0 Å². The predicted octanol–water partition coefficient (Wildman–Crippen LogP) is 2.81. The van der Waals surface area contributed by atoms with Gasteiger partial charge in [-0.05, 0) is 29.8 Å². The number of carbonyl (C=O) groups is 1. The SMILES string of the molecule is CCn1cc(Br)c(C(=O)N(C)Cc2c(Cl)cnn2CC)n1. The lowest BCUT2D eigenvalue weighted by Gasteiger charge is -2.17. The molecule has 0 aliphatic heterocycles. The van der Waals surface area contributed by atoms with E-state index < -0.39 is 0 Å². The summed E-state index contributed by atoms with van der Waals surface area (Å²) in [6.07, 6.45) is 3.39. The maximum absolute atomic E-state index is 12.5. The van der Waals surface area contributed by atoms with Gasteiger partial charge in [-0.1, -0.05) is 11.6 Å². The molecule has 2 heterocycles. The fourth-order valence-electron chi connectivity index (χ4n) is 2.00. The second kappa shape index (κ2) is 6.62. The molecule has 2 aromatic rings. The summed E-state index contributed by atoms with van der Waals surface area (Å²) in [6.45, 7) is 5.75. The zero-order valence-corrected chi connectivity index (χ0v) is 14.5. The van der Waals surface area contributed by atoms with Gasteiger partial charge in [0, 0.05) is 26.3 Å². The number of nitrogens with zero attached hydrogens (tertiary/aromatic N) is 5. The molecule has 0 spiro atoms. The highest BCUT2D eigenvalue weighted by Gasteiger charge is 2.21. The summed E-state index contributed by atoms with van der Waals surface area (Å²) in [7, 11) is 1.73. The molecule has 6 nitrogen and oxygen atoms in total. The summed E-state index contributed by atoms with van der Waals surface area (Å²) in [6, 6.07) is 0. The maximum atomic E-state index is 12.5. The van der Waals surface area contributed by atoms with Crippen molar-refractivity contribution in [1.82, 2.24) is 24.5 Å². The molecular formula is C13H17BrClN5O. The van der Waals surface area contributed by atoms with E-state index in [1.165, 1.54) is 0 Å². The van der Waals surface area contributed by atoms with Crippen LogP contribution in [0.25, 0.3) is 0 Å². The normalized spacial score (nSPS) is 10.9. The summed E-state index contributed by atoms with van der Waals surface area (Å²) in [5.41, 5.74) is 1.22. The molecule has 0 N–H and O–H groups in total. The minimum absolute atomic E-state index is 0.158. The van der Waals surface area contributed by atoms with Crippen LogP contribution >= 0.6 is 27.5 Å². The predicted molar refractivity (Wildman–Crippen MR) is 84.3 cm³/mol. The van der Waals surface area contributed by atoms with Crippen molar-refractivity contribution in [2.75, 3.05) is 7.05 Å². The average molecular weight is 375 g/mol. The van der Waals surface area contributed by atoms with E-state index in [0.29, 0.717) is 34.8 Å². The maximum Gasteiger partial charge on any atom is 0.275 e. The Morgan fingerprint density at radius 3 is 2.71 bits per heavy atom. The number of aryl methyl sites for hydroxylation is 2. The van der Waals surface area contributed by atoms with Crippen molar-refractivity contribution in [2.24, 2.45) is 0 Å². The first-order chi connectivity index (χ1) is 9.97. The van der Waals surface area contributed by atoms with Gasteiger partial charge in [0.25, 0.3) is 5.91 Å². The van der Waals surface area contributed by atoms with Crippen LogP contribution in [-0.2, 0) is 19.6 Å². The van der Waals surface area contributed by atoms with Crippen LogP contribution in [0.5, 0.6) is 0 Å². The van der Waals surface area contributed by atoms with Crippen LogP contribution in [0.1, 0.15) is 30.0 Å². The lowest BCUT2D eigenvalue weighted by molar-refractivity contribution is 0.0774. The number of amides is 1. The first-order valence-corrected chi connectivity index (χ1v) is 7.83. The van der Waals surface area contributed by atoms with E-state index in [-0.39, 0.29) is 5.91 Å². The standard InChI is InChI=1S/C13H17BrClN5O/c1-4-19-7-9(14)12(17-19)13(21)18(3)8-11-10(15)6-16-20(11)5-2/h6-7H,4-5,8H2,1-3H3. The third-order valence-corrected chi connectivity index (χ3v) is 4.07. The molecule has 21 heavy (non-hydrogen) atoms. The van der Waals surface area contributed by atoms with Crippen LogP contribution < -0.4 is 0 Å². The molecule has 0 fully saturated rings. The number of hydrogen-bond donors (Lipinski definition) is 0.